The molecule has 0 aromatic heterocycles. The lowest BCUT2D eigenvalue weighted by molar-refractivity contribution is -0.149. The highest BCUT2D eigenvalue weighted by atomic mass is 16.4. The molecule has 0 heterocycles. The van der Waals surface area contributed by atoms with Crippen molar-refractivity contribution in [2.75, 3.05) is 0 Å². The molecule has 6 heteroatoms. The fourth-order valence-corrected chi connectivity index (χ4v) is 1.23. The Bertz CT molecular complexity index is 452. The number of nitrogens with two attached hydrogens (primary N) is 1. The maximum atomic E-state index is 10.9. The summed E-state index contributed by atoms with van der Waals surface area (Å²) in [5.74, 6) is -3.39. The second-order valence-electron chi connectivity index (χ2n) is 4.11. The molecule has 0 radical (unpaired) electrons. The van der Waals surface area contributed by atoms with Crippen LogP contribution in [0.1, 0.15) is 48.0 Å². The summed E-state index contributed by atoms with van der Waals surface area (Å²) in [4.78, 5) is 32.2. The number of amides is 2. The molecule has 0 aliphatic rings. The number of allylic oxidation sites excluding steroid dienone is 4. The van der Waals surface area contributed by atoms with Crippen LogP contribution >= 0.6 is 0 Å². The molecule has 0 saturated heterocycles. The van der Waals surface area contributed by atoms with Crippen molar-refractivity contribution in [3.05, 3.63) is 36.1 Å². The van der Waals surface area contributed by atoms with Crippen LogP contribution in [0.3, 0.4) is 0 Å². The zero-order valence-corrected chi connectivity index (χ0v) is 15.0. The Kier molecular flexibility index (Phi) is 17.8. The SMILES string of the molecule is C=C/C(=C\C=C(/C)CC(C)C(N)=O)NC(=O)C(=O)O.CC.CC. The number of hydrogen-bond donors (Lipinski definition) is 3. The molecule has 0 bridgehead atoms. The van der Waals surface area contributed by atoms with Crippen LogP contribution in [0.25, 0.3) is 0 Å². The molecule has 132 valence electrons. The van der Waals surface area contributed by atoms with E-state index in [1.807, 2.05) is 27.7 Å². The first-order valence-electron chi connectivity index (χ1n) is 7.61. The molecule has 0 spiro atoms. The number of rotatable bonds is 6. The van der Waals surface area contributed by atoms with Crippen LogP contribution in [-0.2, 0) is 14.4 Å². The van der Waals surface area contributed by atoms with Gasteiger partial charge in [-0.1, -0.05) is 52.8 Å². The quantitative estimate of drug-likeness (QED) is 0.515. The predicted molar refractivity (Wildman–Crippen MR) is 93.5 cm³/mol. The van der Waals surface area contributed by atoms with Gasteiger partial charge in [-0.2, -0.15) is 0 Å². The zero-order chi connectivity index (χ0) is 19.0. The van der Waals surface area contributed by atoms with E-state index >= 15 is 0 Å². The molecule has 0 saturated carbocycles. The van der Waals surface area contributed by atoms with E-state index in [2.05, 4.69) is 11.9 Å². The molecular weight excluding hydrogens is 296 g/mol. The average Bonchev–Trinajstić information content (AvgIpc) is 2.54. The fourth-order valence-electron chi connectivity index (χ4n) is 1.23. The van der Waals surface area contributed by atoms with Gasteiger partial charge in [0.15, 0.2) is 0 Å². The first kappa shape index (κ1) is 25.6. The van der Waals surface area contributed by atoms with E-state index < -0.39 is 11.9 Å². The van der Waals surface area contributed by atoms with E-state index in [1.165, 1.54) is 12.2 Å². The van der Waals surface area contributed by atoms with Crippen LogP contribution in [0.5, 0.6) is 0 Å². The smallest absolute Gasteiger partial charge is 0.394 e. The van der Waals surface area contributed by atoms with E-state index in [0.717, 1.165) is 5.57 Å². The minimum Gasteiger partial charge on any atom is -0.474 e. The summed E-state index contributed by atoms with van der Waals surface area (Å²) in [6.45, 7) is 15.0. The minimum absolute atomic E-state index is 0.262. The van der Waals surface area contributed by atoms with Crippen LogP contribution in [0.2, 0.25) is 0 Å². The topological polar surface area (TPSA) is 109 Å². The van der Waals surface area contributed by atoms with Crippen molar-refractivity contribution in [3.8, 4) is 0 Å². The molecule has 4 N–H and O–H groups in total. The van der Waals surface area contributed by atoms with Crippen LogP contribution in [0, 0.1) is 5.92 Å². The Morgan fingerprint density at radius 3 is 2.00 bits per heavy atom. The molecule has 0 aliphatic carbocycles. The Morgan fingerprint density at radius 2 is 1.65 bits per heavy atom. The van der Waals surface area contributed by atoms with Gasteiger partial charge in [0, 0.05) is 11.6 Å². The molecule has 0 aromatic rings. The molecule has 23 heavy (non-hydrogen) atoms. The number of carbonyl (C=O) groups excluding carboxylic acids is 2. The summed E-state index contributed by atoms with van der Waals surface area (Å²) < 4.78 is 0. The lowest BCUT2D eigenvalue weighted by Gasteiger charge is -2.06. The van der Waals surface area contributed by atoms with E-state index in [-0.39, 0.29) is 17.5 Å². The van der Waals surface area contributed by atoms with Crippen LogP contribution in [0.4, 0.5) is 0 Å². The van der Waals surface area contributed by atoms with Gasteiger partial charge in [0.1, 0.15) is 0 Å². The van der Waals surface area contributed by atoms with Gasteiger partial charge in [-0.05, 0) is 25.5 Å². The molecule has 0 aromatic carbocycles. The summed E-state index contributed by atoms with van der Waals surface area (Å²) in [5.41, 5.74) is 6.28. The third-order valence-electron chi connectivity index (χ3n) is 2.33. The second kappa shape index (κ2) is 16.0. The molecule has 0 fully saturated rings. The van der Waals surface area contributed by atoms with E-state index in [1.54, 1.807) is 19.9 Å². The minimum atomic E-state index is -1.57. The third-order valence-corrected chi connectivity index (χ3v) is 2.33. The van der Waals surface area contributed by atoms with Gasteiger partial charge < -0.3 is 16.2 Å². The first-order chi connectivity index (χ1) is 10.8. The number of carboxylic acid groups (broad SMARTS) is 1. The highest BCUT2D eigenvalue weighted by Crippen LogP contribution is 2.10. The van der Waals surface area contributed by atoms with Crippen LogP contribution < -0.4 is 11.1 Å². The molecule has 6 nitrogen and oxygen atoms in total. The number of carbonyl (C=O) groups is 3. The Hall–Kier alpha value is -2.37. The van der Waals surface area contributed by atoms with Gasteiger partial charge in [0.05, 0.1) is 0 Å². The normalized spacial score (nSPS) is 11.7. The molecule has 0 aliphatic heterocycles. The number of hydrogen-bond acceptors (Lipinski definition) is 3. The lowest BCUT2D eigenvalue weighted by Crippen LogP contribution is -2.29. The molecule has 0 rings (SSSR count). The van der Waals surface area contributed by atoms with Crippen molar-refractivity contribution in [2.45, 2.75) is 48.0 Å². The van der Waals surface area contributed by atoms with Gasteiger partial charge in [-0.15, -0.1) is 0 Å². The van der Waals surface area contributed by atoms with Gasteiger partial charge in [0.2, 0.25) is 5.91 Å². The highest BCUT2D eigenvalue weighted by Gasteiger charge is 2.11. The van der Waals surface area contributed by atoms with Crippen molar-refractivity contribution >= 4 is 17.8 Å². The molecule has 1 unspecified atom stereocenters. The second-order valence-corrected chi connectivity index (χ2v) is 4.11. The fraction of sp³-hybridized carbons (Fsp3) is 0.471. The molecular formula is C17H30N2O4. The summed E-state index contributed by atoms with van der Waals surface area (Å²) >= 11 is 0. The predicted octanol–water partition coefficient (Wildman–Crippen LogP) is 2.77. The lowest BCUT2D eigenvalue weighted by atomic mass is 10.0. The zero-order valence-electron chi connectivity index (χ0n) is 15.0. The maximum Gasteiger partial charge on any atom is 0.394 e. The van der Waals surface area contributed by atoms with Crippen molar-refractivity contribution in [1.29, 1.82) is 0 Å². The highest BCUT2D eigenvalue weighted by molar-refractivity contribution is 6.32. The van der Waals surface area contributed by atoms with Crippen LogP contribution in [0.15, 0.2) is 36.1 Å². The van der Waals surface area contributed by atoms with E-state index in [0.29, 0.717) is 6.42 Å². The number of primary amides is 1. The third kappa shape index (κ3) is 14.3. The number of aliphatic carboxylic acids is 1. The van der Waals surface area contributed by atoms with Crippen molar-refractivity contribution in [3.63, 3.8) is 0 Å². The van der Waals surface area contributed by atoms with Gasteiger partial charge in [-0.25, -0.2) is 4.79 Å². The van der Waals surface area contributed by atoms with E-state index in [4.69, 9.17) is 10.8 Å². The summed E-state index contributed by atoms with van der Waals surface area (Å²) in [7, 11) is 0. The van der Waals surface area contributed by atoms with Crippen molar-refractivity contribution < 1.29 is 19.5 Å². The molecule has 2 amide bonds. The monoisotopic (exact) mass is 326 g/mol. The Labute approximate surface area is 139 Å². The maximum absolute atomic E-state index is 10.9. The van der Waals surface area contributed by atoms with Crippen LogP contribution in [-0.4, -0.2) is 22.9 Å². The van der Waals surface area contributed by atoms with E-state index in [9.17, 15) is 14.4 Å². The summed E-state index contributed by atoms with van der Waals surface area (Å²) in [5, 5.41) is 10.6. The average molecular weight is 326 g/mol. The van der Waals surface area contributed by atoms with Gasteiger partial charge in [0.25, 0.3) is 0 Å². The Balaban J connectivity index is -0.000000919. The largest absolute Gasteiger partial charge is 0.474 e. The van der Waals surface area contributed by atoms with Gasteiger partial charge >= 0.3 is 11.9 Å². The summed E-state index contributed by atoms with van der Waals surface area (Å²) in [6, 6.07) is 0. The van der Waals surface area contributed by atoms with Crippen molar-refractivity contribution in [2.24, 2.45) is 11.7 Å². The first-order valence-corrected chi connectivity index (χ1v) is 7.61. The Morgan fingerprint density at radius 1 is 1.17 bits per heavy atom. The van der Waals surface area contributed by atoms with Gasteiger partial charge in [-0.3, -0.25) is 9.59 Å². The summed E-state index contributed by atoms with van der Waals surface area (Å²) in [6.07, 6.45) is 4.99. The molecule has 1 atom stereocenters. The number of nitrogens with one attached hydrogen (secondary N) is 1. The standard InChI is InChI=1S/C13H18N2O4.2C2H6/c1-4-10(15-12(17)13(18)19)6-5-8(2)7-9(3)11(14)16;2*1-2/h4-6,9H,1,7H2,2-3H3,(H2,14,16)(H,15,17)(H,18,19);2*1-2H3/b8-5+,10-6+;;. The van der Waals surface area contributed by atoms with Crippen molar-refractivity contribution in [1.82, 2.24) is 5.32 Å². The number of carboxylic acids is 1.